The van der Waals surface area contributed by atoms with Gasteiger partial charge in [-0.2, -0.15) is 11.3 Å². The van der Waals surface area contributed by atoms with E-state index in [-0.39, 0.29) is 12.1 Å². The van der Waals surface area contributed by atoms with Crippen molar-refractivity contribution in [2.45, 2.75) is 6.04 Å². The molecule has 0 spiro atoms. The van der Waals surface area contributed by atoms with Crippen molar-refractivity contribution in [2.75, 3.05) is 5.32 Å². The molecule has 102 valence electrons. The third-order valence-electron chi connectivity index (χ3n) is 2.74. The van der Waals surface area contributed by atoms with Crippen LogP contribution in [-0.2, 0) is 0 Å². The van der Waals surface area contributed by atoms with Crippen molar-refractivity contribution < 1.29 is 4.79 Å². The van der Waals surface area contributed by atoms with Gasteiger partial charge in [0.25, 0.3) is 0 Å². The van der Waals surface area contributed by atoms with Crippen LogP contribution in [0.15, 0.2) is 51.9 Å². The average molecular weight is 320 g/mol. The van der Waals surface area contributed by atoms with Crippen LogP contribution in [0.1, 0.15) is 16.5 Å². The van der Waals surface area contributed by atoms with Gasteiger partial charge in [0, 0.05) is 4.88 Å². The molecule has 1 atom stereocenters. The van der Waals surface area contributed by atoms with Gasteiger partial charge in [0.05, 0.1) is 11.0 Å². The highest BCUT2D eigenvalue weighted by molar-refractivity contribution is 7.14. The van der Waals surface area contributed by atoms with Gasteiger partial charge in [-0.05, 0) is 51.3 Å². The van der Waals surface area contributed by atoms with Crippen molar-refractivity contribution in [3.8, 4) is 0 Å². The largest absolute Gasteiger partial charge is 0.326 e. The van der Waals surface area contributed by atoms with Gasteiger partial charge in [0.2, 0.25) is 0 Å². The molecule has 0 saturated carbocycles. The molecule has 3 rings (SSSR count). The Morgan fingerprint density at radius 3 is 2.55 bits per heavy atom. The number of urea groups is 1. The minimum atomic E-state index is -0.183. The van der Waals surface area contributed by atoms with Gasteiger partial charge in [0.1, 0.15) is 0 Å². The first-order valence-electron chi connectivity index (χ1n) is 5.99. The molecule has 20 heavy (non-hydrogen) atoms. The Kier molecular flexibility index (Phi) is 4.15. The lowest BCUT2D eigenvalue weighted by molar-refractivity contribution is 0.250. The molecule has 3 aromatic rings. The topological polar surface area (TPSA) is 41.1 Å². The van der Waals surface area contributed by atoms with E-state index in [2.05, 4.69) is 16.0 Å². The number of rotatable bonds is 4. The van der Waals surface area contributed by atoms with Crippen molar-refractivity contribution in [2.24, 2.45) is 0 Å². The maximum Gasteiger partial charge on any atom is 0.320 e. The molecule has 3 heterocycles. The van der Waals surface area contributed by atoms with Crippen LogP contribution in [0.5, 0.6) is 0 Å². The quantitative estimate of drug-likeness (QED) is 0.713. The summed E-state index contributed by atoms with van der Waals surface area (Å²) in [5.41, 5.74) is 1.11. The second kappa shape index (κ2) is 6.21. The van der Waals surface area contributed by atoms with Gasteiger partial charge in [-0.15, -0.1) is 22.7 Å². The maximum atomic E-state index is 12.1. The van der Waals surface area contributed by atoms with Crippen LogP contribution in [0.3, 0.4) is 0 Å². The molecule has 0 aliphatic heterocycles. The van der Waals surface area contributed by atoms with Crippen molar-refractivity contribution >= 4 is 45.0 Å². The zero-order valence-corrected chi connectivity index (χ0v) is 12.9. The molecule has 1 unspecified atom stereocenters. The fraction of sp³-hybridized carbons (Fsp3) is 0.0714. The van der Waals surface area contributed by atoms with Crippen molar-refractivity contribution in [3.63, 3.8) is 0 Å². The Morgan fingerprint density at radius 2 is 1.90 bits per heavy atom. The minimum Gasteiger partial charge on any atom is -0.326 e. The van der Waals surface area contributed by atoms with E-state index in [4.69, 9.17) is 0 Å². The fourth-order valence-corrected chi connectivity index (χ4v) is 3.94. The lowest BCUT2D eigenvalue weighted by Gasteiger charge is -2.16. The third-order valence-corrected chi connectivity index (χ3v) is 5.16. The van der Waals surface area contributed by atoms with E-state index in [9.17, 15) is 4.79 Å². The fourth-order valence-electron chi connectivity index (χ4n) is 1.84. The van der Waals surface area contributed by atoms with Gasteiger partial charge in [0.15, 0.2) is 0 Å². The summed E-state index contributed by atoms with van der Waals surface area (Å²) in [6, 6.07) is 9.60. The Hall–Kier alpha value is -1.63. The average Bonchev–Trinajstić information content (AvgIpc) is 3.18. The summed E-state index contributed by atoms with van der Waals surface area (Å²) in [5, 5.41) is 14.8. The number of thiophene rings is 3. The maximum absolute atomic E-state index is 12.1. The minimum absolute atomic E-state index is 0.0961. The lowest BCUT2D eigenvalue weighted by Crippen LogP contribution is -2.32. The van der Waals surface area contributed by atoms with Gasteiger partial charge >= 0.3 is 6.03 Å². The predicted molar refractivity (Wildman–Crippen MR) is 87.0 cm³/mol. The van der Waals surface area contributed by atoms with Crippen molar-refractivity contribution in [1.82, 2.24) is 5.32 Å². The number of hydrogen-bond donors (Lipinski definition) is 2. The molecule has 0 aromatic carbocycles. The predicted octanol–water partition coefficient (Wildman–Crippen LogP) is 4.78. The van der Waals surface area contributed by atoms with Crippen LogP contribution in [0, 0.1) is 0 Å². The first-order chi connectivity index (χ1) is 9.83. The summed E-state index contributed by atoms with van der Waals surface area (Å²) < 4.78 is 0. The van der Waals surface area contributed by atoms with Gasteiger partial charge < -0.3 is 5.32 Å². The normalized spacial score (nSPS) is 12.0. The number of hydrogen-bond acceptors (Lipinski definition) is 4. The van der Waals surface area contributed by atoms with Gasteiger partial charge in [-0.25, -0.2) is 4.79 Å². The summed E-state index contributed by atoms with van der Waals surface area (Å²) in [7, 11) is 0. The van der Waals surface area contributed by atoms with Crippen LogP contribution in [-0.4, -0.2) is 6.03 Å². The second-order valence-corrected chi connectivity index (χ2v) is 6.79. The number of carbonyl (C=O) groups is 1. The van der Waals surface area contributed by atoms with Crippen LogP contribution in [0.25, 0.3) is 0 Å². The van der Waals surface area contributed by atoms with Gasteiger partial charge in [-0.3, -0.25) is 5.32 Å². The standard InChI is InChI=1S/C14H12N2OS3/c17-14(15-12-4-2-7-20-12)16-13(10-5-8-18-9-10)11-3-1-6-19-11/h1-9,13H,(H2,15,16,17). The smallest absolute Gasteiger partial charge is 0.320 e. The van der Waals surface area contributed by atoms with Gasteiger partial charge in [-0.1, -0.05) is 6.07 Å². The second-order valence-electron chi connectivity index (χ2n) is 4.08. The first kappa shape index (κ1) is 13.4. The number of anilines is 1. The molecular formula is C14H12N2OS3. The molecule has 0 radical (unpaired) electrons. The molecule has 2 N–H and O–H groups in total. The Bertz CT molecular complexity index is 610. The molecular weight excluding hydrogens is 308 g/mol. The first-order valence-corrected chi connectivity index (χ1v) is 8.69. The monoisotopic (exact) mass is 320 g/mol. The highest BCUT2D eigenvalue weighted by Gasteiger charge is 2.18. The van der Waals surface area contributed by atoms with E-state index >= 15 is 0 Å². The Labute approximate surface area is 128 Å². The summed E-state index contributed by atoms with van der Waals surface area (Å²) in [6.07, 6.45) is 0. The summed E-state index contributed by atoms with van der Waals surface area (Å²) in [5.74, 6) is 0. The van der Waals surface area contributed by atoms with E-state index in [0.717, 1.165) is 15.4 Å². The highest BCUT2D eigenvalue weighted by Crippen LogP contribution is 2.27. The van der Waals surface area contributed by atoms with Crippen LogP contribution < -0.4 is 10.6 Å². The summed E-state index contributed by atoms with van der Waals surface area (Å²) in [6.45, 7) is 0. The van der Waals surface area contributed by atoms with Crippen LogP contribution in [0.4, 0.5) is 9.80 Å². The Balaban J connectivity index is 1.75. The summed E-state index contributed by atoms with van der Waals surface area (Å²) >= 11 is 4.78. The van der Waals surface area contributed by atoms with E-state index in [1.54, 1.807) is 22.7 Å². The van der Waals surface area contributed by atoms with Crippen molar-refractivity contribution in [3.05, 3.63) is 62.3 Å². The highest BCUT2D eigenvalue weighted by atomic mass is 32.1. The molecule has 3 aromatic heterocycles. The van der Waals surface area contributed by atoms with Crippen LogP contribution in [0.2, 0.25) is 0 Å². The van der Waals surface area contributed by atoms with E-state index < -0.39 is 0 Å². The molecule has 0 saturated heterocycles. The zero-order valence-electron chi connectivity index (χ0n) is 10.4. The molecule has 6 heteroatoms. The molecule has 3 nitrogen and oxygen atoms in total. The van der Waals surface area contributed by atoms with E-state index in [0.29, 0.717) is 0 Å². The summed E-state index contributed by atoms with van der Waals surface area (Å²) in [4.78, 5) is 13.2. The molecule has 2 amide bonds. The van der Waals surface area contributed by atoms with E-state index in [1.807, 2.05) is 46.5 Å². The molecule has 0 fully saturated rings. The third kappa shape index (κ3) is 3.09. The van der Waals surface area contributed by atoms with Crippen molar-refractivity contribution in [1.29, 1.82) is 0 Å². The zero-order chi connectivity index (χ0) is 13.8. The number of amides is 2. The SMILES string of the molecule is O=C(Nc1cccs1)NC(c1ccsc1)c1cccs1. The van der Waals surface area contributed by atoms with Crippen LogP contribution >= 0.6 is 34.0 Å². The lowest BCUT2D eigenvalue weighted by atomic mass is 10.1. The van der Waals surface area contributed by atoms with E-state index in [1.165, 1.54) is 11.3 Å². The molecule has 0 aliphatic rings. The Morgan fingerprint density at radius 1 is 1.05 bits per heavy atom. The molecule has 0 bridgehead atoms. The number of carbonyl (C=O) groups excluding carboxylic acids is 1. The molecule has 0 aliphatic carbocycles. The number of nitrogens with one attached hydrogen (secondary N) is 2.